The maximum atomic E-state index is 9.54. The number of piperidine rings is 1. The monoisotopic (exact) mass is 231 g/mol. The van der Waals surface area contributed by atoms with Gasteiger partial charge in [-0.2, -0.15) is 5.26 Å². The summed E-state index contributed by atoms with van der Waals surface area (Å²) in [6.07, 6.45) is 6.12. The van der Waals surface area contributed by atoms with Crippen LogP contribution in [0.4, 0.5) is 0 Å². The first-order valence-electron chi connectivity index (χ1n) is 6.57. The van der Waals surface area contributed by atoms with E-state index in [2.05, 4.69) is 42.0 Å². The standard InChI is InChI=1S/C14H21N3/c1-3-17-8-6-14(11-15,7-9-17)13-5-4-12(2)10-16-13/h4-5,12H,3,6-10H2,1-2H3. The molecule has 92 valence electrons. The van der Waals surface area contributed by atoms with Crippen LogP contribution in [0.15, 0.2) is 17.1 Å². The largest absolute Gasteiger partial charge is 0.303 e. The summed E-state index contributed by atoms with van der Waals surface area (Å²) < 4.78 is 0. The number of hydrogen-bond donors (Lipinski definition) is 0. The first kappa shape index (κ1) is 12.3. The zero-order valence-electron chi connectivity index (χ0n) is 10.8. The van der Waals surface area contributed by atoms with Gasteiger partial charge in [0.1, 0.15) is 5.41 Å². The highest BCUT2D eigenvalue weighted by molar-refractivity contribution is 6.02. The maximum absolute atomic E-state index is 9.54. The number of aliphatic imine (C=N–C) groups is 1. The number of rotatable bonds is 2. The molecule has 2 rings (SSSR count). The van der Waals surface area contributed by atoms with Crippen molar-refractivity contribution in [3.63, 3.8) is 0 Å². The Labute approximate surface area is 104 Å². The molecule has 3 heteroatoms. The lowest BCUT2D eigenvalue weighted by Gasteiger charge is -2.37. The molecule has 0 aliphatic carbocycles. The Morgan fingerprint density at radius 3 is 2.71 bits per heavy atom. The Bertz CT molecular complexity index is 367. The van der Waals surface area contributed by atoms with E-state index in [9.17, 15) is 5.26 Å². The Balaban J connectivity index is 2.12. The number of nitrogens with zero attached hydrogens (tertiary/aromatic N) is 3. The van der Waals surface area contributed by atoms with E-state index >= 15 is 0 Å². The minimum Gasteiger partial charge on any atom is -0.303 e. The smallest absolute Gasteiger partial charge is 0.101 e. The van der Waals surface area contributed by atoms with Gasteiger partial charge in [0.05, 0.1) is 11.8 Å². The van der Waals surface area contributed by atoms with Gasteiger partial charge in [0.15, 0.2) is 0 Å². The van der Waals surface area contributed by atoms with Crippen molar-refractivity contribution in [2.45, 2.75) is 26.7 Å². The first-order chi connectivity index (χ1) is 8.20. The zero-order valence-corrected chi connectivity index (χ0v) is 10.8. The molecule has 0 amide bonds. The molecule has 0 aromatic rings. The van der Waals surface area contributed by atoms with Crippen molar-refractivity contribution < 1.29 is 0 Å². The summed E-state index contributed by atoms with van der Waals surface area (Å²) in [5, 5.41) is 9.54. The fourth-order valence-electron chi connectivity index (χ4n) is 2.60. The predicted molar refractivity (Wildman–Crippen MR) is 70.0 cm³/mol. The Hall–Kier alpha value is -1.14. The third-order valence-corrected chi connectivity index (χ3v) is 3.99. The second kappa shape index (κ2) is 5.01. The fraction of sp³-hybridized carbons (Fsp3) is 0.714. The fourth-order valence-corrected chi connectivity index (χ4v) is 2.60. The topological polar surface area (TPSA) is 39.4 Å². The minimum atomic E-state index is -0.317. The van der Waals surface area contributed by atoms with E-state index in [0.29, 0.717) is 5.92 Å². The van der Waals surface area contributed by atoms with Gasteiger partial charge in [-0.05, 0) is 31.4 Å². The van der Waals surface area contributed by atoms with Gasteiger partial charge in [-0.15, -0.1) is 0 Å². The van der Waals surface area contributed by atoms with E-state index in [4.69, 9.17) is 0 Å². The normalized spacial score (nSPS) is 28.5. The molecule has 0 bridgehead atoms. The molecule has 1 unspecified atom stereocenters. The zero-order chi connectivity index (χ0) is 12.3. The minimum absolute atomic E-state index is 0.317. The molecule has 2 aliphatic heterocycles. The summed E-state index contributed by atoms with van der Waals surface area (Å²) in [6.45, 7) is 8.31. The van der Waals surface area contributed by atoms with Crippen molar-refractivity contribution in [2.75, 3.05) is 26.2 Å². The van der Waals surface area contributed by atoms with Gasteiger partial charge >= 0.3 is 0 Å². The summed E-state index contributed by atoms with van der Waals surface area (Å²) in [5.41, 5.74) is 0.705. The van der Waals surface area contributed by atoms with Gasteiger partial charge in [-0.3, -0.25) is 4.99 Å². The number of nitriles is 1. The SMILES string of the molecule is CCN1CCC(C#N)(C2=NCC(C)C=C2)CC1. The molecule has 1 atom stereocenters. The van der Waals surface area contributed by atoms with Crippen molar-refractivity contribution in [1.29, 1.82) is 5.26 Å². The number of allylic oxidation sites excluding steroid dienone is 1. The van der Waals surface area contributed by atoms with Crippen LogP contribution in [-0.2, 0) is 0 Å². The van der Waals surface area contributed by atoms with Crippen LogP contribution in [-0.4, -0.2) is 36.8 Å². The lowest BCUT2D eigenvalue weighted by atomic mass is 9.74. The van der Waals surface area contributed by atoms with Crippen LogP contribution in [0.5, 0.6) is 0 Å². The Morgan fingerprint density at radius 1 is 1.53 bits per heavy atom. The van der Waals surface area contributed by atoms with Crippen LogP contribution >= 0.6 is 0 Å². The molecule has 0 aromatic carbocycles. The Kier molecular flexibility index (Phi) is 3.63. The summed E-state index contributed by atoms with van der Waals surface area (Å²) in [4.78, 5) is 7.02. The third-order valence-electron chi connectivity index (χ3n) is 3.99. The van der Waals surface area contributed by atoms with Crippen LogP contribution in [0.3, 0.4) is 0 Å². The molecule has 1 saturated heterocycles. The van der Waals surface area contributed by atoms with E-state index in [-0.39, 0.29) is 5.41 Å². The average molecular weight is 231 g/mol. The lowest BCUT2D eigenvalue weighted by molar-refractivity contribution is 0.190. The molecular weight excluding hydrogens is 210 g/mol. The number of hydrogen-bond acceptors (Lipinski definition) is 3. The Morgan fingerprint density at radius 2 is 2.24 bits per heavy atom. The van der Waals surface area contributed by atoms with Crippen molar-refractivity contribution >= 4 is 5.71 Å². The summed E-state index contributed by atoms with van der Waals surface area (Å²) in [7, 11) is 0. The molecule has 0 aromatic heterocycles. The van der Waals surface area contributed by atoms with Gasteiger partial charge in [0.25, 0.3) is 0 Å². The first-order valence-corrected chi connectivity index (χ1v) is 6.57. The lowest BCUT2D eigenvalue weighted by Crippen LogP contribution is -2.43. The molecule has 0 N–H and O–H groups in total. The highest BCUT2D eigenvalue weighted by atomic mass is 15.1. The molecule has 3 nitrogen and oxygen atoms in total. The quantitative estimate of drug-likeness (QED) is 0.731. The maximum Gasteiger partial charge on any atom is 0.101 e. The van der Waals surface area contributed by atoms with Gasteiger partial charge in [0, 0.05) is 19.6 Å². The van der Waals surface area contributed by atoms with Crippen LogP contribution in [0.1, 0.15) is 26.7 Å². The van der Waals surface area contributed by atoms with E-state index in [1.54, 1.807) is 0 Å². The molecule has 2 heterocycles. The summed E-state index contributed by atoms with van der Waals surface area (Å²) in [6, 6.07) is 2.54. The molecule has 17 heavy (non-hydrogen) atoms. The molecule has 1 fully saturated rings. The van der Waals surface area contributed by atoms with Crippen molar-refractivity contribution in [1.82, 2.24) is 4.90 Å². The van der Waals surface area contributed by atoms with Crippen molar-refractivity contribution in [3.8, 4) is 6.07 Å². The van der Waals surface area contributed by atoms with Gasteiger partial charge < -0.3 is 4.90 Å². The van der Waals surface area contributed by atoms with Crippen molar-refractivity contribution in [2.24, 2.45) is 16.3 Å². The van der Waals surface area contributed by atoms with Crippen LogP contribution in [0.2, 0.25) is 0 Å². The predicted octanol–water partition coefficient (Wildman–Crippen LogP) is 2.26. The van der Waals surface area contributed by atoms with Gasteiger partial charge in [-0.1, -0.05) is 19.9 Å². The van der Waals surface area contributed by atoms with Crippen LogP contribution in [0, 0.1) is 22.7 Å². The number of likely N-dealkylation sites (tertiary alicyclic amines) is 1. The van der Waals surface area contributed by atoms with Gasteiger partial charge in [0.2, 0.25) is 0 Å². The third kappa shape index (κ3) is 2.42. The molecular formula is C14H21N3. The highest BCUT2D eigenvalue weighted by Crippen LogP contribution is 2.34. The molecule has 0 spiro atoms. The van der Waals surface area contributed by atoms with Gasteiger partial charge in [-0.25, -0.2) is 0 Å². The number of dihydropyridines is 1. The van der Waals surface area contributed by atoms with E-state index in [0.717, 1.165) is 44.7 Å². The summed E-state index contributed by atoms with van der Waals surface area (Å²) >= 11 is 0. The van der Waals surface area contributed by atoms with E-state index in [1.807, 2.05) is 0 Å². The second-order valence-corrected chi connectivity index (χ2v) is 5.19. The van der Waals surface area contributed by atoms with E-state index < -0.39 is 0 Å². The summed E-state index contributed by atoms with van der Waals surface area (Å²) in [5.74, 6) is 0.519. The molecule has 2 aliphatic rings. The average Bonchev–Trinajstić information content (AvgIpc) is 2.40. The molecule has 0 saturated carbocycles. The second-order valence-electron chi connectivity index (χ2n) is 5.19. The van der Waals surface area contributed by atoms with Crippen molar-refractivity contribution in [3.05, 3.63) is 12.2 Å². The highest BCUT2D eigenvalue weighted by Gasteiger charge is 2.38. The van der Waals surface area contributed by atoms with E-state index in [1.165, 1.54) is 0 Å². The van der Waals surface area contributed by atoms with Crippen LogP contribution in [0.25, 0.3) is 0 Å². The van der Waals surface area contributed by atoms with Crippen LogP contribution < -0.4 is 0 Å². The molecule has 0 radical (unpaired) electrons.